The highest BCUT2D eigenvalue weighted by Gasteiger charge is 2.53. The molecule has 1 unspecified atom stereocenters. The molecule has 2 rings (SSSR count). The summed E-state index contributed by atoms with van der Waals surface area (Å²) in [7, 11) is -5.13. The third kappa shape index (κ3) is 4.63. The fraction of sp³-hybridized carbons (Fsp3) is 0.588. The molecular formula is C17H23N2O9P. The van der Waals surface area contributed by atoms with E-state index in [1.54, 1.807) is 0 Å². The van der Waals surface area contributed by atoms with E-state index in [0.29, 0.717) is 0 Å². The smallest absolute Gasteiger partial charge is 0.329 e. The first kappa shape index (κ1) is 22.9. The molecule has 2 aliphatic rings. The van der Waals surface area contributed by atoms with Gasteiger partial charge >= 0.3 is 13.6 Å². The quantitative estimate of drug-likeness (QED) is 0.427. The van der Waals surface area contributed by atoms with Crippen molar-refractivity contribution in [2.75, 3.05) is 0 Å². The molecule has 160 valence electrons. The number of hydrogen-bond donors (Lipinski definition) is 2. The highest BCUT2D eigenvalue weighted by molar-refractivity contribution is 7.53. The second-order valence-electron chi connectivity index (χ2n) is 8.31. The Bertz CT molecular complexity index is 821. The van der Waals surface area contributed by atoms with Crippen LogP contribution >= 0.6 is 7.60 Å². The number of amides is 4. The lowest BCUT2D eigenvalue weighted by Crippen LogP contribution is -2.53. The number of hydrogen-bond acceptors (Lipinski definition) is 7. The number of rotatable bonds is 7. The summed E-state index contributed by atoms with van der Waals surface area (Å²) in [6, 6.07) is 0. The van der Waals surface area contributed by atoms with Crippen LogP contribution < -0.4 is 0 Å². The molecule has 4 amide bonds. The van der Waals surface area contributed by atoms with Gasteiger partial charge in [-0.3, -0.25) is 28.6 Å². The van der Waals surface area contributed by atoms with Gasteiger partial charge in [0.2, 0.25) is 0 Å². The molecule has 0 aromatic rings. The molecule has 0 radical (unpaired) electrons. The lowest BCUT2D eigenvalue weighted by molar-refractivity contribution is -0.199. The van der Waals surface area contributed by atoms with Gasteiger partial charge < -0.3 is 14.6 Å². The van der Waals surface area contributed by atoms with E-state index in [1.165, 1.54) is 27.7 Å². The first-order valence-corrected chi connectivity index (χ1v) is 10.4. The molecule has 0 saturated carbocycles. The van der Waals surface area contributed by atoms with Crippen LogP contribution in [0.2, 0.25) is 0 Å². The van der Waals surface area contributed by atoms with Gasteiger partial charge in [0, 0.05) is 30.5 Å². The maximum absolute atomic E-state index is 12.6. The first-order valence-electron chi connectivity index (χ1n) is 8.77. The third-order valence-electron chi connectivity index (χ3n) is 4.79. The number of nitrogens with zero attached hydrogens (tertiary/aromatic N) is 2. The van der Waals surface area contributed by atoms with Crippen LogP contribution in [0.1, 0.15) is 47.0 Å². The third-order valence-corrected chi connectivity index (χ3v) is 6.37. The van der Waals surface area contributed by atoms with Gasteiger partial charge in [0.05, 0.1) is 0 Å². The second-order valence-corrected chi connectivity index (χ2v) is 10.0. The van der Waals surface area contributed by atoms with Crippen LogP contribution in [0, 0.1) is 5.41 Å². The molecule has 11 nitrogen and oxygen atoms in total. The molecule has 1 atom stereocenters. The Morgan fingerprint density at radius 2 is 1.52 bits per heavy atom. The zero-order valence-corrected chi connectivity index (χ0v) is 17.3. The molecule has 0 aliphatic carbocycles. The van der Waals surface area contributed by atoms with Crippen molar-refractivity contribution >= 4 is 37.2 Å². The van der Waals surface area contributed by atoms with E-state index in [9.17, 15) is 38.3 Å². The van der Waals surface area contributed by atoms with Crippen molar-refractivity contribution < 1.29 is 43.2 Å². The van der Waals surface area contributed by atoms with Crippen molar-refractivity contribution in [1.29, 1.82) is 0 Å². The summed E-state index contributed by atoms with van der Waals surface area (Å²) >= 11 is 0. The lowest BCUT2D eigenvalue weighted by atomic mass is 9.76. The largest absolute Gasteiger partial charge is 0.348 e. The monoisotopic (exact) mass is 430 g/mol. The molecule has 0 bridgehead atoms. The minimum atomic E-state index is -5.13. The first-order chi connectivity index (χ1) is 13.1. The molecular weight excluding hydrogens is 407 g/mol. The SMILES string of the molecule is CC(C)(CC(C)(C)N1C(=O)C=CC1=O)C(C(=O)ON1C(=O)CCC1=O)P(=O)(O)O. The van der Waals surface area contributed by atoms with Crippen LogP contribution in [0.3, 0.4) is 0 Å². The van der Waals surface area contributed by atoms with E-state index >= 15 is 0 Å². The number of imide groups is 2. The predicted octanol–water partition coefficient (Wildman–Crippen LogP) is 0.260. The fourth-order valence-electron chi connectivity index (χ4n) is 4.00. The molecule has 0 spiro atoms. The summed E-state index contributed by atoms with van der Waals surface area (Å²) in [5.41, 5.74) is -4.74. The number of carbonyl (C=O) groups excluding carboxylic acids is 5. The van der Waals surface area contributed by atoms with E-state index in [1.807, 2.05) is 0 Å². The van der Waals surface area contributed by atoms with Crippen LogP contribution in [-0.4, -0.2) is 60.5 Å². The summed E-state index contributed by atoms with van der Waals surface area (Å²) in [5, 5.41) is 0.212. The van der Waals surface area contributed by atoms with Gasteiger partial charge in [0.25, 0.3) is 23.6 Å². The molecule has 2 heterocycles. The number of carbonyl (C=O) groups is 5. The van der Waals surface area contributed by atoms with Crippen LogP contribution in [0.15, 0.2) is 12.2 Å². The summed E-state index contributed by atoms with van der Waals surface area (Å²) in [6.45, 7) is 5.78. The molecule has 0 aromatic carbocycles. The maximum atomic E-state index is 12.6. The van der Waals surface area contributed by atoms with Gasteiger partial charge in [-0.25, -0.2) is 4.79 Å². The minimum Gasteiger partial charge on any atom is -0.329 e. The van der Waals surface area contributed by atoms with Gasteiger partial charge in [0.1, 0.15) is 0 Å². The Morgan fingerprint density at radius 3 is 1.93 bits per heavy atom. The van der Waals surface area contributed by atoms with Crippen molar-refractivity contribution in [3.05, 3.63) is 12.2 Å². The predicted molar refractivity (Wildman–Crippen MR) is 96.5 cm³/mol. The summed E-state index contributed by atoms with van der Waals surface area (Å²) in [4.78, 5) is 85.3. The van der Waals surface area contributed by atoms with Gasteiger partial charge in [-0.2, -0.15) is 0 Å². The molecule has 2 N–H and O–H groups in total. The number of hydroxylamine groups is 2. The fourth-order valence-corrected chi connectivity index (χ4v) is 5.32. The highest BCUT2D eigenvalue weighted by Crippen LogP contribution is 2.53. The zero-order chi connectivity index (χ0) is 22.4. The molecule has 1 saturated heterocycles. The molecule has 0 aromatic heterocycles. The van der Waals surface area contributed by atoms with Crippen molar-refractivity contribution in [2.45, 2.75) is 58.2 Å². The minimum absolute atomic E-state index is 0.171. The maximum Gasteiger partial charge on any atom is 0.348 e. The Hall–Kier alpha value is -2.36. The average Bonchev–Trinajstić information content (AvgIpc) is 3.00. The topological polar surface area (TPSA) is 159 Å². The van der Waals surface area contributed by atoms with Crippen molar-refractivity contribution in [3.8, 4) is 0 Å². The van der Waals surface area contributed by atoms with Crippen LogP contribution in [0.4, 0.5) is 0 Å². The second kappa shape index (κ2) is 7.47. The zero-order valence-electron chi connectivity index (χ0n) is 16.4. The Balaban J connectivity index is 2.30. The lowest BCUT2D eigenvalue weighted by Gasteiger charge is -2.42. The van der Waals surface area contributed by atoms with Gasteiger partial charge in [-0.05, 0) is 25.7 Å². The van der Waals surface area contributed by atoms with Gasteiger partial charge in [-0.1, -0.05) is 13.8 Å². The van der Waals surface area contributed by atoms with Crippen LogP contribution in [-0.2, 0) is 33.4 Å². The summed E-state index contributed by atoms with van der Waals surface area (Å²) in [6.07, 6.45) is 1.64. The van der Waals surface area contributed by atoms with Crippen molar-refractivity contribution in [1.82, 2.24) is 9.96 Å². The molecule has 12 heteroatoms. The standard InChI is InChI=1S/C17H23N2O9P/c1-16(2,9-17(3,4)18-10(20)5-6-11(18)21)14(29(25,26)27)15(24)28-19-12(22)7-8-13(19)23/h5-6,14H,7-9H2,1-4H3,(H2,25,26,27). The average molecular weight is 430 g/mol. The Labute approximate surface area is 166 Å². The van der Waals surface area contributed by atoms with Crippen molar-refractivity contribution in [3.63, 3.8) is 0 Å². The Kier molecular flexibility index (Phi) is 5.91. The van der Waals surface area contributed by atoms with Gasteiger partial charge in [-0.15, -0.1) is 5.06 Å². The molecule has 1 fully saturated rings. The van der Waals surface area contributed by atoms with Crippen molar-refractivity contribution in [2.24, 2.45) is 5.41 Å². The van der Waals surface area contributed by atoms with Gasteiger partial charge in [0.15, 0.2) is 5.66 Å². The van der Waals surface area contributed by atoms with E-state index < -0.39 is 53.8 Å². The van der Waals surface area contributed by atoms with E-state index in [0.717, 1.165) is 17.1 Å². The Morgan fingerprint density at radius 1 is 1.07 bits per heavy atom. The molecule has 29 heavy (non-hydrogen) atoms. The van der Waals surface area contributed by atoms with E-state index in [4.69, 9.17) is 4.84 Å². The summed E-state index contributed by atoms with van der Waals surface area (Å²) < 4.78 is 12.1. The molecule has 2 aliphatic heterocycles. The summed E-state index contributed by atoms with van der Waals surface area (Å²) in [5.74, 6) is -4.19. The van der Waals surface area contributed by atoms with Crippen LogP contribution in [0.5, 0.6) is 0 Å². The highest BCUT2D eigenvalue weighted by atomic mass is 31.2. The normalized spacial score (nSPS) is 19.4. The van der Waals surface area contributed by atoms with Crippen LogP contribution in [0.25, 0.3) is 0 Å². The van der Waals surface area contributed by atoms with E-state index in [2.05, 4.69) is 0 Å². The van der Waals surface area contributed by atoms with E-state index in [-0.39, 0.29) is 24.3 Å².